The third-order valence-corrected chi connectivity index (χ3v) is 3.03. The molecule has 0 aliphatic carbocycles. The van der Waals surface area contributed by atoms with E-state index in [0.29, 0.717) is 0 Å². The molecule has 136 valence electrons. The van der Waals surface area contributed by atoms with Crippen LogP contribution in [0.15, 0.2) is 0 Å². The van der Waals surface area contributed by atoms with Gasteiger partial charge in [-0.2, -0.15) is 0 Å². The summed E-state index contributed by atoms with van der Waals surface area (Å²) in [7, 11) is 0. The van der Waals surface area contributed by atoms with Gasteiger partial charge in [0.2, 0.25) is 6.29 Å². The second-order valence-electron chi connectivity index (χ2n) is 5.18. The van der Waals surface area contributed by atoms with E-state index >= 15 is 0 Å². The molecule has 1 heterocycles. The summed E-state index contributed by atoms with van der Waals surface area (Å²) in [5.41, 5.74) is 5.93. The van der Waals surface area contributed by atoms with Gasteiger partial charge in [-0.15, -0.1) is 0 Å². The van der Waals surface area contributed by atoms with Gasteiger partial charge in [0.1, 0.15) is 18.8 Å². The molecular weight excluding hydrogens is 326 g/mol. The lowest BCUT2D eigenvalue weighted by Crippen LogP contribution is -2.65. The molecule has 10 nitrogen and oxygen atoms in total. The molecule has 0 bridgehead atoms. The molecule has 2 N–H and O–H groups in total. The van der Waals surface area contributed by atoms with Gasteiger partial charge in [-0.25, -0.2) is 0 Å². The number of rotatable bonds is 5. The van der Waals surface area contributed by atoms with E-state index in [9.17, 15) is 19.2 Å². The second kappa shape index (κ2) is 8.60. The van der Waals surface area contributed by atoms with Crippen molar-refractivity contribution in [2.75, 3.05) is 6.61 Å². The van der Waals surface area contributed by atoms with Gasteiger partial charge in [0.25, 0.3) is 0 Å². The minimum atomic E-state index is -1.26. The summed E-state index contributed by atoms with van der Waals surface area (Å²) in [4.78, 5) is 44.9. The number of hydrogen-bond acceptors (Lipinski definition) is 10. The van der Waals surface area contributed by atoms with E-state index in [1.54, 1.807) is 0 Å². The van der Waals surface area contributed by atoms with Gasteiger partial charge < -0.3 is 29.4 Å². The number of nitrogens with two attached hydrogens (primary N) is 1. The van der Waals surface area contributed by atoms with Crippen molar-refractivity contribution in [3.63, 3.8) is 0 Å². The fourth-order valence-electron chi connectivity index (χ4n) is 2.20. The summed E-state index contributed by atoms with van der Waals surface area (Å²) >= 11 is 0. The van der Waals surface area contributed by atoms with Crippen LogP contribution in [0.5, 0.6) is 0 Å². The van der Waals surface area contributed by atoms with Crippen molar-refractivity contribution in [1.82, 2.24) is 0 Å². The van der Waals surface area contributed by atoms with E-state index in [-0.39, 0.29) is 6.61 Å². The highest BCUT2D eigenvalue weighted by molar-refractivity contribution is 5.68. The lowest BCUT2D eigenvalue weighted by Gasteiger charge is -2.42. The van der Waals surface area contributed by atoms with E-state index in [2.05, 4.69) is 0 Å². The van der Waals surface area contributed by atoms with Gasteiger partial charge in [-0.3, -0.25) is 19.2 Å². The van der Waals surface area contributed by atoms with Crippen LogP contribution < -0.4 is 5.73 Å². The Labute approximate surface area is 138 Å². The zero-order valence-electron chi connectivity index (χ0n) is 13.8. The highest BCUT2D eigenvalue weighted by Gasteiger charge is 2.50. The zero-order valence-corrected chi connectivity index (χ0v) is 13.8. The molecule has 0 spiro atoms. The quantitative estimate of drug-likeness (QED) is 0.487. The smallest absolute Gasteiger partial charge is 0.304 e. The topological polar surface area (TPSA) is 140 Å². The molecule has 0 amide bonds. The first-order chi connectivity index (χ1) is 11.1. The average Bonchev–Trinajstić information content (AvgIpc) is 2.42. The van der Waals surface area contributed by atoms with Crippen LogP contribution in [0.4, 0.5) is 0 Å². The molecular formula is C14H21NO9. The van der Waals surface area contributed by atoms with Gasteiger partial charge in [-0.05, 0) is 0 Å². The molecule has 1 rings (SSSR count). The van der Waals surface area contributed by atoms with Crippen LogP contribution in [0.25, 0.3) is 0 Å². The fourth-order valence-corrected chi connectivity index (χ4v) is 2.20. The average molecular weight is 347 g/mol. The van der Waals surface area contributed by atoms with E-state index in [0.717, 1.165) is 20.8 Å². The number of hydrogen-bond donors (Lipinski definition) is 1. The summed E-state index contributed by atoms with van der Waals surface area (Å²) in [5.74, 6) is -2.62. The van der Waals surface area contributed by atoms with Crippen LogP contribution in [0, 0.1) is 0 Å². The van der Waals surface area contributed by atoms with Crippen molar-refractivity contribution in [3.05, 3.63) is 0 Å². The number of ether oxygens (including phenoxy) is 5. The SMILES string of the molecule is CC(=O)OC[C@H]1O[C@@H](OC(C)=O)[C@@H](N)[C@@H](OC(C)=O)[C@H]1OC(C)=O. The Hall–Kier alpha value is -2.20. The van der Waals surface area contributed by atoms with E-state index in [4.69, 9.17) is 29.4 Å². The summed E-state index contributed by atoms with van der Waals surface area (Å²) < 4.78 is 25.5. The summed E-state index contributed by atoms with van der Waals surface area (Å²) in [6.07, 6.45) is -4.58. The monoisotopic (exact) mass is 347 g/mol. The molecule has 1 aliphatic heterocycles. The number of carbonyl (C=O) groups excluding carboxylic acids is 4. The lowest BCUT2D eigenvalue weighted by molar-refractivity contribution is -0.267. The van der Waals surface area contributed by atoms with Crippen LogP contribution in [0.3, 0.4) is 0 Å². The molecule has 24 heavy (non-hydrogen) atoms. The van der Waals surface area contributed by atoms with Crippen molar-refractivity contribution in [1.29, 1.82) is 0 Å². The van der Waals surface area contributed by atoms with E-state index < -0.39 is 54.5 Å². The third kappa shape index (κ3) is 5.78. The normalized spacial score (nSPS) is 29.3. The molecule has 5 atom stereocenters. The summed E-state index contributed by atoms with van der Waals surface area (Å²) in [5, 5.41) is 0. The Morgan fingerprint density at radius 1 is 0.833 bits per heavy atom. The summed E-state index contributed by atoms with van der Waals surface area (Å²) in [6.45, 7) is 4.32. The molecule has 0 aromatic rings. The molecule has 0 saturated carbocycles. The first kappa shape index (κ1) is 19.8. The predicted octanol–water partition coefficient (Wildman–Crippen LogP) is -0.972. The molecule has 1 aliphatic rings. The van der Waals surface area contributed by atoms with Gasteiger partial charge in [0.05, 0.1) is 0 Å². The minimum Gasteiger partial charge on any atom is -0.463 e. The molecule has 0 aromatic carbocycles. The molecule has 10 heteroatoms. The highest BCUT2D eigenvalue weighted by Crippen LogP contribution is 2.26. The van der Waals surface area contributed by atoms with Gasteiger partial charge >= 0.3 is 23.9 Å². The first-order valence-corrected chi connectivity index (χ1v) is 7.18. The zero-order chi connectivity index (χ0) is 18.4. The van der Waals surface area contributed by atoms with Crippen LogP contribution >= 0.6 is 0 Å². The van der Waals surface area contributed by atoms with Crippen molar-refractivity contribution in [2.24, 2.45) is 5.73 Å². The van der Waals surface area contributed by atoms with E-state index in [1.807, 2.05) is 0 Å². The van der Waals surface area contributed by atoms with Gasteiger partial charge in [0.15, 0.2) is 12.2 Å². The Balaban J connectivity index is 3.08. The van der Waals surface area contributed by atoms with Crippen molar-refractivity contribution >= 4 is 23.9 Å². The second-order valence-corrected chi connectivity index (χ2v) is 5.18. The largest absolute Gasteiger partial charge is 0.463 e. The third-order valence-electron chi connectivity index (χ3n) is 3.03. The van der Waals surface area contributed by atoms with Crippen LogP contribution in [-0.2, 0) is 42.9 Å². The van der Waals surface area contributed by atoms with Gasteiger partial charge in [-0.1, -0.05) is 0 Å². The van der Waals surface area contributed by atoms with Crippen LogP contribution in [0.2, 0.25) is 0 Å². The van der Waals surface area contributed by atoms with Crippen LogP contribution in [0.1, 0.15) is 27.7 Å². The minimum absolute atomic E-state index is 0.310. The fraction of sp³-hybridized carbons (Fsp3) is 0.714. The van der Waals surface area contributed by atoms with Gasteiger partial charge in [0, 0.05) is 27.7 Å². The maximum Gasteiger partial charge on any atom is 0.304 e. The number of carbonyl (C=O) groups is 4. The Morgan fingerprint density at radius 3 is 1.79 bits per heavy atom. The molecule has 0 radical (unpaired) electrons. The van der Waals surface area contributed by atoms with Crippen molar-refractivity contribution in [3.8, 4) is 0 Å². The molecule has 1 saturated heterocycles. The lowest BCUT2D eigenvalue weighted by atomic mass is 9.97. The highest BCUT2D eigenvalue weighted by atomic mass is 16.7. The van der Waals surface area contributed by atoms with E-state index in [1.165, 1.54) is 6.92 Å². The Kier molecular flexibility index (Phi) is 7.11. The Morgan fingerprint density at radius 2 is 1.33 bits per heavy atom. The molecule has 1 fully saturated rings. The molecule has 0 unspecified atom stereocenters. The van der Waals surface area contributed by atoms with Crippen molar-refractivity contribution in [2.45, 2.75) is 58.3 Å². The predicted molar refractivity (Wildman–Crippen MR) is 76.1 cm³/mol. The maximum absolute atomic E-state index is 11.3. The van der Waals surface area contributed by atoms with Crippen LogP contribution in [-0.4, -0.2) is 61.1 Å². The standard InChI is InChI=1S/C14H21NO9/c1-6(16)20-5-10-12(21-7(2)17)13(22-8(3)18)11(15)14(24-10)23-9(4)19/h10-14H,5,15H2,1-4H3/t10-,11+,12+,13-,14-/m1/s1. The summed E-state index contributed by atoms with van der Waals surface area (Å²) in [6, 6.07) is -1.10. The first-order valence-electron chi connectivity index (χ1n) is 7.18. The Bertz CT molecular complexity index is 490. The molecule has 0 aromatic heterocycles. The maximum atomic E-state index is 11.3. The number of esters is 4. The van der Waals surface area contributed by atoms with Crippen molar-refractivity contribution < 1.29 is 42.9 Å².